The fourth-order valence-corrected chi connectivity index (χ4v) is 3.14. The summed E-state index contributed by atoms with van der Waals surface area (Å²) >= 11 is 0. The number of ether oxygens (including phenoxy) is 2. The molecule has 5 heteroatoms. The molecule has 0 saturated heterocycles. The molecule has 2 aliphatic rings. The molecule has 0 aromatic heterocycles. The zero-order valence-corrected chi connectivity index (χ0v) is 12.5. The van der Waals surface area contributed by atoms with Crippen LogP contribution in [0.4, 0.5) is 4.39 Å². The van der Waals surface area contributed by atoms with E-state index in [1.54, 1.807) is 6.92 Å². The van der Waals surface area contributed by atoms with Crippen LogP contribution in [0.25, 0.3) is 0 Å². The van der Waals surface area contributed by atoms with Gasteiger partial charge in [-0.05, 0) is 43.9 Å². The summed E-state index contributed by atoms with van der Waals surface area (Å²) in [6.07, 6.45) is 2.02. The lowest BCUT2D eigenvalue weighted by atomic mass is 9.81. The molecule has 0 radical (unpaired) electrons. The van der Waals surface area contributed by atoms with Gasteiger partial charge in [-0.1, -0.05) is 13.0 Å². The van der Waals surface area contributed by atoms with Gasteiger partial charge in [-0.2, -0.15) is 0 Å². The van der Waals surface area contributed by atoms with Gasteiger partial charge in [0.2, 0.25) is 0 Å². The molecule has 1 fully saturated rings. The van der Waals surface area contributed by atoms with Crippen LogP contribution in [-0.4, -0.2) is 17.7 Å². The summed E-state index contributed by atoms with van der Waals surface area (Å²) in [5.41, 5.74) is 1.35. The maximum Gasteiger partial charge on any atom is 0.341 e. The smallest absolute Gasteiger partial charge is 0.341 e. The first-order valence-corrected chi connectivity index (χ1v) is 7.34. The van der Waals surface area contributed by atoms with Crippen molar-refractivity contribution in [1.82, 2.24) is 0 Å². The zero-order valence-electron chi connectivity index (χ0n) is 12.5. The second-order valence-electron chi connectivity index (χ2n) is 5.99. The molecule has 0 bridgehead atoms. The van der Waals surface area contributed by atoms with Crippen molar-refractivity contribution in [2.24, 2.45) is 5.92 Å². The van der Waals surface area contributed by atoms with Gasteiger partial charge >= 0.3 is 11.9 Å². The van der Waals surface area contributed by atoms with E-state index in [0.717, 1.165) is 18.1 Å². The largest absolute Gasteiger partial charge is 0.415 e. The van der Waals surface area contributed by atoms with E-state index in [2.05, 4.69) is 0 Å². The van der Waals surface area contributed by atoms with Crippen molar-refractivity contribution in [2.45, 2.75) is 38.9 Å². The predicted octanol–water partition coefficient (Wildman–Crippen LogP) is 3.37. The molecular formula is C17H17FO4. The number of hydrogen-bond donors (Lipinski definition) is 0. The molecule has 116 valence electrons. The first-order chi connectivity index (χ1) is 10.4. The van der Waals surface area contributed by atoms with Gasteiger partial charge in [0.15, 0.2) is 0 Å². The first kappa shape index (κ1) is 14.8. The standard InChI is InChI=1S/C17H17FO4/c1-10-6-7-14-11(2)15(19)21-17(14,9-10)22-16(20)12-4-3-5-13(18)8-12/h3-5,8,10H,6-7,9H2,1-2H3/t10-,17+/m1/s1. The van der Waals surface area contributed by atoms with Crippen LogP contribution in [0.5, 0.6) is 0 Å². The molecule has 1 aliphatic carbocycles. The molecule has 1 aliphatic heterocycles. The summed E-state index contributed by atoms with van der Waals surface area (Å²) in [6, 6.07) is 5.28. The number of rotatable bonds is 2. The van der Waals surface area contributed by atoms with Gasteiger partial charge in [-0.25, -0.2) is 14.0 Å². The predicted molar refractivity (Wildman–Crippen MR) is 76.4 cm³/mol. The van der Waals surface area contributed by atoms with Crippen molar-refractivity contribution in [3.05, 3.63) is 46.8 Å². The molecule has 1 saturated carbocycles. The minimum atomic E-state index is -1.32. The Labute approximate surface area is 127 Å². The highest BCUT2D eigenvalue weighted by Gasteiger charge is 2.52. The maximum atomic E-state index is 13.3. The van der Waals surface area contributed by atoms with Gasteiger partial charge in [0.25, 0.3) is 5.79 Å². The van der Waals surface area contributed by atoms with Crippen LogP contribution in [0, 0.1) is 11.7 Å². The Hall–Kier alpha value is -2.17. The highest BCUT2D eigenvalue weighted by Crippen LogP contribution is 2.46. The highest BCUT2D eigenvalue weighted by molar-refractivity contribution is 5.94. The third-order valence-corrected chi connectivity index (χ3v) is 4.30. The average molecular weight is 304 g/mol. The van der Waals surface area contributed by atoms with Gasteiger partial charge in [0, 0.05) is 17.6 Å². The highest BCUT2D eigenvalue weighted by atomic mass is 19.1. The Bertz CT molecular complexity index is 679. The molecule has 0 spiro atoms. The summed E-state index contributed by atoms with van der Waals surface area (Å²) in [5.74, 6) is -2.70. The summed E-state index contributed by atoms with van der Waals surface area (Å²) in [4.78, 5) is 24.2. The van der Waals surface area contributed by atoms with E-state index in [9.17, 15) is 14.0 Å². The Balaban J connectivity index is 1.91. The minimum absolute atomic E-state index is 0.104. The molecule has 0 amide bonds. The molecule has 0 N–H and O–H groups in total. The third kappa shape index (κ3) is 2.40. The van der Waals surface area contributed by atoms with Crippen molar-refractivity contribution >= 4 is 11.9 Å². The maximum absolute atomic E-state index is 13.3. The van der Waals surface area contributed by atoms with E-state index >= 15 is 0 Å². The minimum Gasteiger partial charge on any atom is -0.415 e. The third-order valence-electron chi connectivity index (χ3n) is 4.30. The number of esters is 2. The van der Waals surface area contributed by atoms with Crippen LogP contribution in [0.1, 0.15) is 43.5 Å². The Kier molecular flexibility index (Phi) is 3.51. The molecule has 1 heterocycles. The SMILES string of the molecule is CC1=C2CC[C@@H](C)C[C@@]2(OC(=O)c2cccc(F)c2)OC1=O. The van der Waals surface area contributed by atoms with Crippen LogP contribution in [0.2, 0.25) is 0 Å². The van der Waals surface area contributed by atoms with Crippen LogP contribution < -0.4 is 0 Å². The van der Waals surface area contributed by atoms with Gasteiger partial charge in [-0.15, -0.1) is 0 Å². The van der Waals surface area contributed by atoms with Crippen LogP contribution >= 0.6 is 0 Å². The lowest BCUT2D eigenvalue weighted by Gasteiger charge is -2.36. The number of fused-ring (bicyclic) bond motifs is 1. The number of hydrogen-bond acceptors (Lipinski definition) is 4. The molecular weight excluding hydrogens is 287 g/mol. The van der Waals surface area contributed by atoms with Crippen molar-refractivity contribution in [3.8, 4) is 0 Å². The fraction of sp³-hybridized carbons (Fsp3) is 0.412. The Morgan fingerprint density at radius 1 is 1.45 bits per heavy atom. The van der Waals surface area contributed by atoms with E-state index in [4.69, 9.17) is 9.47 Å². The quantitative estimate of drug-likeness (QED) is 0.786. The molecule has 3 rings (SSSR count). The summed E-state index contributed by atoms with van der Waals surface area (Å²) < 4.78 is 24.2. The van der Waals surface area contributed by atoms with E-state index in [0.29, 0.717) is 18.4 Å². The average Bonchev–Trinajstić information content (AvgIpc) is 2.69. The van der Waals surface area contributed by atoms with Gasteiger partial charge in [-0.3, -0.25) is 0 Å². The molecule has 2 atom stereocenters. The van der Waals surface area contributed by atoms with Crippen molar-refractivity contribution < 1.29 is 23.5 Å². The topological polar surface area (TPSA) is 52.6 Å². The Morgan fingerprint density at radius 2 is 2.23 bits per heavy atom. The van der Waals surface area contributed by atoms with E-state index in [1.165, 1.54) is 18.2 Å². The molecule has 22 heavy (non-hydrogen) atoms. The molecule has 1 aromatic carbocycles. The van der Waals surface area contributed by atoms with E-state index in [1.807, 2.05) is 6.92 Å². The van der Waals surface area contributed by atoms with E-state index < -0.39 is 23.5 Å². The second kappa shape index (κ2) is 5.23. The lowest BCUT2D eigenvalue weighted by Crippen LogP contribution is -2.42. The number of carbonyl (C=O) groups is 2. The van der Waals surface area contributed by atoms with Crippen LogP contribution in [-0.2, 0) is 14.3 Å². The number of halogens is 1. The van der Waals surface area contributed by atoms with E-state index in [-0.39, 0.29) is 11.5 Å². The van der Waals surface area contributed by atoms with Gasteiger partial charge in [0.1, 0.15) is 5.82 Å². The zero-order chi connectivity index (χ0) is 15.9. The lowest BCUT2D eigenvalue weighted by molar-refractivity contribution is -0.191. The molecule has 0 unspecified atom stereocenters. The second-order valence-corrected chi connectivity index (χ2v) is 5.99. The number of benzene rings is 1. The number of carbonyl (C=O) groups excluding carboxylic acids is 2. The summed E-state index contributed by atoms with van der Waals surface area (Å²) in [5, 5.41) is 0. The molecule has 4 nitrogen and oxygen atoms in total. The normalized spacial score (nSPS) is 27.4. The molecule has 1 aromatic rings. The van der Waals surface area contributed by atoms with Crippen LogP contribution in [0.3, 0.4) is 0 Å². The fourth-order valence-electron chi connectivity index (χ4n) is 3.14. The summed E-state index contributed by atoms with van der Waals surface area (Å²) in [7, 11) is 0. The van der Waals surface area contributed by atoms with Crippen molar-refractivity contribution in [2.75, 3.05) is 0 Å². The van der Waals surface area contributed by atoms with Crippen LogP contribution in [0.15, 0.2) is 35.4 Å². The van der Waals surface area contributed by atoms with Gasteiger partial charge < -0.3 is 9.47 Å². The monoisotopic (exact) mass is 304 g/mol. The Morgan fingerprint density at radius 3 is 2.95 bits per heavy atom. The van der Waals surface area contributed by atoms with Crippen molar-refractivity contribution in [3.63, 3.8) is 0 Å². The van der Waals surface area contributed by atoms with Crippen molar-refractivity contribution in [1.29, 1.82) is 0 Å². The summed E-state index contributed by atoms with van der Waals surface area (Å²) in [6.45, 7) is 3.71. The van der Waals surface area contributed by atoms with Gasteiger partial charge in [0.05, 0.1) is 5.56 Å². The first-order valence-electron chi connectivity index (χ1n) is 7.34.